The number of nitrogens with one attached hydrogen (secondary N) is 1. The van der Waals surface area contributed by atoms with Crippen LogP contribution in [0.5, 0.6) is 0 Å². The molecule has 35 heavy (non-hydrogen) atoms. The van der Waals surface area contributed by atoms with Crippen LogP contribution in [0.3, 0.4) is 0 Å². The van der Waals surface area contributed by atoms with Gasteiger partial charge in [0.2, 0.25) is 0 Å². The van der Waals surface area contributed by atoms with Crippen molar-refractivity contribution in [3.63, 3.8) is 0 Å². The van der Waals surface area contributed by atoms with Gasteiger partial charge in [-0.15, -0.1) is 0 Å². The van der Waals surface area contributed by atoms with E-state index < -0.39 is 36.7 Å². The number of pyridine rings is 1. The number of halogens is 2. The summed E-state index contributed by atoms with van der Waals surface area (Å²) in [5.74, 6) is -0.462. The average Bonchev–Trinajstić information content (AvgIpc) is 2.86. The number of aromatic nitrogens is 1. The summed E-state index contributed by atoms with van der Waals surface area (Å²) < 4.78 is 13.7. The molecule has 0 fully saturated rings. The van der Waals surface area contributed by atoms with Crippen LogP contribution in [-0.4, -0.2) is 69.7 Å². The van der Waals surface area contributed by atoms with E-state index in [1.807, 2.05) is 24.3 Å². The van der Waals surface area contributed by atoms with Crippen LogP contribution in [0, 0.1) is 5.82 Å². The Morgan fingerprint density at radius 2 is 1.89 bits per heavy atom. The van der Waals surface area contributed by atoms with Gasteiger partial charge in [0.1, 0.15) is 11.6 Å². The standard InChI is InChI=1S/C24H26ClFN4O5/c1-29(23(33)28-12-17-7-4-8-20(26)22(17)25)18(10-19(32)14-31)13-30(24(34)35)21-9-15-5-2-3-6-16(15)11-27-21/h2-9,11,18-19,31-32H,10,12-14H2,1H3,(H,28,33)(H,34,35)/t18-,19-/m0/s1. The first-order chi connectivity index (χ1) is 16.7. The number of hydrogen-bond acceptors (Lipinski definition) is 5. The number of rotatable bonds is 9. The maximum Gasteiger partial charge on any atom is 0.413 e. The fourth-order valence-electron chi connectivity index (χ4n) is 3.59. The zero-order valence-electron chi connectivity index (χ0n) is 18.9. The van der Waals surface area contributed by atoms with Crippen molar-refractivity contribution in [1.29, 1.82) is 0 Å². The van der Waals surface area contributed by atoms with Gasteiger partial charge in [-0.2, -0.15) is 0 Å². The van der Waals surface area contributed by atoms with Crippen molar-refractivity contribution in [3.05, 3.63) is 71.1 Å². The molecular formula is C24H26ClFN4O5. The van der Waals surface area contributed by atoms with Crippen LogP contribution >= 0.6 is 11.6 Å². The van der Waals surface area contributed by atoms with E-state index in [1.54, 1.807) is 18.3 Å². The molecule has 0 bridgehead atoms. The van der Waals surface area contributed by atoms with Gasteiger partial charge in [-0.25, -0.2) is 19.0 Å². The average molecular weight is 505 g/mol. The molecule has 0 radical (unpaired) electrons. The van der Waals surface area contributed by atoms with Crippen molar-refractivity contribution < 1.29 is 29.3 Å². The fourth-order valence-corrected chi connectivity index (χ4v) is 3.78. The molecule has 0 spiro atoms. The number of carboxylic acid groups (broad SMARTS) is 1. The highest BCUT2D eigenvalue weighted by Crippen LogP contribution is 2.22. The second kappa shape index (κ2) is 11.8. The molecule has 0 aliphatic carbocycles. The smallest absolute Gasteiger partial charge is 0.413 e. The Kier molecular flexibility index (Phi) is 8.80. The van der Waals surface area contributed by atoms with Crippen LogP contribution in [0.4, 0.5) is 19.8 Å². The first-order valence-electron chi connectivity index (χ1n) is 10.8. The summed E-state index contributed by atoms with van der Waals surface area (Å²) in [7, 11) is 1.44. The second-order valence-electron chi connectivity index (χ2n) is 7.99. The first-order valence-corrected chi connectivity index (χ1v) is 11.2. The van der Waals surface area contributed by atoms with Crippen LogP contribution in [-0.2, 0) is 6.54 Å². The van der Waals surface area contributed by atoms with Gasteiger partial charge in [0, 0.05) is 25.2 Å². The third-order valence-electron chi connectivity index (χ3n) is 5.60. The molecular weight excluding hydrogens is 479 g/mol. The molecule has 3 amide bonds. The van der Waals surface area contributed by atoms with E-state index in [1.165, 1.54) is 24.1 Å². The summed E-state index contributed by atoms with van der Waals surface area (Å²) in [6, 6.07) is 11.8. The van der Waals surface area contributed by atoms with Crippen LogP contribution in [0.25, 0.3) is 10.8 Å². The number of carbonyl (C=O) groups excluding carboxylic acids is 1. The third kappa shape index (κ3) is 6.56. The molecule has 2 atom stereocenters. The van der Waals surface area contributed by atoms with Crippen LogP contribution in [0.2, 0.25) is 5.02 Å². The Morgan fingerprint density at radius 3 is 2.57 bits per heavy atom. The highest BCUT2D eigenvalue weighted by atomic mass is 35.5. The number of urea groups is 1. The van der Waals surface area contributed by atoms with Crippen molar-refractivity contribution in [3.8, 4) is 0 Å². The van der Waals surface area contributed by atoms with Gasteiger partial charge in [-0.05, 0) is 29.5 Å². The number of aliphatic hydroxyl groups is 2. The van der Waals surface area contributed by atoms with E-state index in [9.17, 15) is 29.3 Å². The number of benzene rings is 2. The predicted octanol–water partition coefficient (Wildman–Crippen LogP) is 3.47. The third-order valence-corrected chi connectivity index (χ3v) is 6.03. The number of carbonyl (C=O) groups is 2. The van der Waals surface area contributed by atoms with Crippen LogP contribution in [0.15, 0.2) is 54.7 Å². The van der Waals surface area contributed by atoms with Crippen LogP contribution < -0.4 is 10.2 Å². The number of aliphatic hydroxyl groups excluding tert-OH is 2. The molecule has 0 aliphatic heterocycles. The monoisotopic (exact) mass is 504 g/mol. The molecule has 2 aromatic carbocycles. The van der Waals surface area contributed by atoms with E-state index in [2.05, 4.69) is 10.3 Å². The number of anilines is 1. The number of likely N-dealkylation sites (N-methyl/N-ethyl adjacent to an activating group) is 1. The molecule has 0 saturated heterocycles. The first kappa shape index (κ1) is 26.1. The molecule has 1 aromatic heterocycles. The summed E-state index contributed by atoms with van der Waals surface area (Å²) in [6.45, 7) is -0.849. The van der Waals surface area contributed by atoms with Gasteiger partial charge in [0.25, 0.3) is 0 Å². The highest BCUT2D eigenvalue weighted by Gasteiger charge is 2.28. The molecule has 9 nitrogen and oxygen atoms in total. The van der Waals surface area contributed by atoms with Crippen molar-refractivity contribution in [2.45, 2.75) is 25.1 Å². The molecule has 3 aromatic rings. The lowest BCUT2D eigenvalue weighted by Gasteiger charge is -2.33. The van der Waals surface area contributed by atoms with Gasteiger partial charge in [-0.3, -0.25) is 4.90 Å². The molecule has 3 rings (SSSR count). The van der Waals surface area contributed by atoms with E-state index >= 15 is 0 Å². The Morgan fingerprint density at radius 1 is 1.17 bits per heavy atom. The maximum absolute atomic E-state index is 13.7. The predicted molar refractivity (Wildman–Crippen MR) is 130 cm³/mol. The van der Waals surface area contributed by atoms with Crippen molar-refractivity contribution in [2.24, 2.45) is 0 Å². The van der Waals surface area contributed by atoms with Crippen molar-refractivity contribution in [2.75, 3.05) is 25.1 Å². The van der Waals surface area contributed by atoms with Gasteiger partial charge in [-0.1, -0.05) is 48.0 Å². The molecule has 0 saturated carbocycles. The highest BCUT2D eigenvalue weighted by molar-refractivity contribution is 6.31. The number of amides is 3. The van der Waals surface area contributed by atoms with Crippen molar-refractivity contribution in [1.82, 2.24) is 15.2 Å². The summed E-state index contributed by atoms with van der Waals surface area (Å²) in [6.07, 6.45) is -1.03. The summed E-state index contributed by atoms with van der Waals surface area (Å²) in [5.41, 5.74) is 0.368. The number of hydrogen-bond donors (Lipinski definition) is 4. The van der Waals surface area contributed by atoms with E-state index in [0.717, 1.165) is 15.7 Å². The lowest BCUT2D eigenvalue weighted by atomic mass is 10.1. The Hall–Kier alpha value is -3.47. The van der Waals surface area contributed by atoms with Gasteiger partial charge in [0.05, 0.1) is 30.3 Å². The Bertz CT molecular complexity index is 1200. The zero-order valence-corrected chi connectivity index (χ0v) is 19.7. The minimum Gasteiger partial charge on any atom is -0.465 e. The molecule has 0 unspecified atom stereocenters. The Labute approximate surface area is 206 Å². The lowest BCUT2D eigenvalue weighted by molar-refractivity contribution is 0.0671. The van der Waals surface area contributed by atoms with E-state index in [4.69, 9.17) is 11.6 Å². The molecule has 1 heterocycles. The van der Waals surface area contributed by atoms with Gasteiger partial charge < -0.3 is 25.5 Å². The largest absolute Gasteiger partial charge is 0.465 e. The lowest BCUT2D eigenvalue weighted by Crippen LogP contribution is -2.51. The molecule has 0 aliphatic rings. The van der Waals surface area contributed by atoms with E-state index in [0.29, 0.717) is 5.56 Å². The number of nitrogens with zero attached hydrogens (tertiary/aromatic N) is 3. The summed E-state index contributed by atoms with van der Waals surface area (Å²) in [5, 5.41) is 33.4. The van der Waals surface area contributed by atoms with Gasteiger partial charge in [0.15, 0.2) is 0 Å². The quantitative estimate of drug-likeness (QED) is 0.353. The zero-order chi connectivity index (χ0) is 25.5. The SMILES string of the molecule is CN(C(=O)NCc1cccc(F)c1Cl)[C@@H](C[C@H](O)CO)CN(C(=O)O)c1cc2ccccc2cn1. The minimum atomic E-state index is -1.29. The van der Waals surface area contributed by atoms with Gasteiger partial charge >= 0.3 is 12.1 Å². The Balaban J connectivity index is 1.80. The summed E-state index contributed by atoms with van der Waals surface area (Å²) in [4.78, 5) is 31.4. The molecule has 11 heteroatoms. The molecule has 4 N–H and O–H groups in total. The van der Waals surface area contributed by atoms with Crippen LogP contribution in [0.1, 0.15) is 12.0 Å². The molecule has 186 valence electrons. The number of fused-ring (bicyclic) bond motifs is 1. The second-order valence-corrected chi connectivity index (χ2v) is 8.37. The fraction of sp³-hybridized carbons (Fsp3) is 0.292. The van der Waals surface area contributed by atoms with E-state index in [-0.39, 0.29) is 30.4 Å². The minimum absolute atomic E-state index is 0.0656. The summed E-state index contributed by atoms with van der Waals surface area (Å²) >= 11 is 5.94. The van der Waals surface area contributed by atoms with Crippen molar-refractivity contribution >= 4 is 40.3 Å². The normalized spacial score (nSPS) is 12.7. The maximum atomic E-state index is 13.7. The topological polar surface area (TPSA) is 126 Å².